The van der Waals surface area contributed by atoms with Gasteiger partial charge in [-0.05, 0) is 18.0 Å². The van der Waals surface area contributed by atoms with E-state index in [0.29, 0.717) is 13.2 Å². The van der Waals surface area contributed by atoms with Crippen molar-refractivity contribution < 1.29 is 9.63 Å². The molecule has 0 radical (unpaired) electrons. The van der Waals surface area contributed by atoms with E-state index in [0.717, 1.165) is 17.8 Å². The summed E-state index contributed by atoms with van der Waals surface area (Å²) >= 11 is 6.60. The maximum absolute atomic E-state index is 11.5. The van der Waals surface area contributed by atoms with Crippen molar-refractivity contribution in [2.75, 3.05) is 13.2 Å². The predicted octanol–water partition coefficient (Wildman–Crippen LogP) is 0.969. The molecule has 1 amide bonds. The van der Waals surface area contributed by atoms with Gasteiger partial charge >= 0.3 is 5.91 Å². The van der Waals surface area contributed by atoms with Gasteiger partial charge in [-0.2, -0.15) is 0 Å². The van der Waals surface area contributed by atoms with Crippen molar-refractivity contribution in [1.82, 2.24) is 15.3 Å². The summed E-state index contributed by atoms with van der Waals surface area (Å²) < 4.78 is 0.266. The second kappa shape index (κ2) is 3.57. The Labute approximate surface area is 83.2 Å². The lowest BCUT2D eigenvalue weighted by Crippen LogP contribution is -2.26. The third-order valence-electron chi connectivity index (χ3n) is 1.56. The summed E-state index contributed by atoms with van der Waals surface area (Å²) in [7, 11) is 0. The summed E-state index contributed by atoms with van der Waals surface area (Å²) in [5, 5.41) is 8.72. The van der Waals surface area contributed by atoms with Crippen molar-refractivity contribution in [1.29, 1.82) is 0 Å². The number of hydrogen-bond donors (Lipinski definition) is 0. The fourth-order valence-electron chi connectivity index (χ4n) is 1.01. The molecule has 0 aliphatic carbocycles. The molecule has 0 bridgehead atoms. The number of nitrogens with zero attached hydrogens (tertiary/aromatic N) is 3. The van der Waals surface area contributed by atoms with Gasteiger partial charge in [-0.3, -0.25) is 9.63 Å². The largest absolute Gasteiger partial charge is 0.308 e. The van der Waals surface area contributed by atoms with Crippen molar-refractivity contribution in [2.45, 2.75) is 6.42 Å². The van der Waals surface area contributed by atoms with Crippen molar-refractivity contribution >= 4 is 28.8 Å². The van der Waals surface area contributed by atoms with E-state index in [1.807, 2.05) is 0 Å². The van der Waals surface area contributed by atoms with E-state index in [2.05, 4.69) is 10.2 Å². The second-order valence-electron chi connectivity index (χ2n) is 2.45. The number of carbonyl (C=O) groups is 1. The monoisotopic (exact) mass is 219 g/mol. The van der Waals surface area contributed by atoms with Crippen LogP contribution in [0.2, 0.25) is 4.47 Å². The molecule has 1 aromatic rings. The van der Waals surface area contributed by atoms with E-state index in [1.54, 1.807) is 0 Å². The molecule has 5 nitrogen and oxygen atoms in total. The Hall–Kier alpha value is -0.720. The Morgan fingerprint density at radius 3 is 3.00 bits per heavy atom. The smallest absolute Gasteiger partial charge is 0.271 e. The molecule has 70 valence electrons. The molecule has 1 fully saturated rings. The Kier molecular flexibility index (Phi) is 2.43. The second-order valence-corrected chi connectivity index (χ2v) is 4.01. The molecular weight excluding hydrogens is 214 g/mol. The van der Waals surface area contributed by atoms with E-state index in [4.69, 9.17) is 16.4 Å². The first-order valence-corrected chi connectivity index (χ1v) is 4.90. The van der Waals surface area contributed by atoms with E-state index >= 15 is 0 Å². The number of carbonyl (C=O) groups excluding carboxylic acids is 1. The Morgan fingerprint density at radius 1 is 1.62 bits per heavy atom. The molecule has 2 heterocycles. The van der Waals surface area contributed by atoms with Gasteiger partial charge in [0.05, 0.1) is 13.2 Å². The third kappa shape index (κ3) is 1.79. The average molecular weight is 220 g/mol. The van der Waals surface area contributed by atoms with Crippen molar-refractivity contribution in [2.24, 2.45) is 0 Å². The van der Waals surface area contributed by atoms with Crippen LogP contribution in [0, 0.1) is 0 Å². The molecule has 0 atom stereocenters. The van der Waals surface area contributed by atoms with Crippen LogP contribution < -0.4 is 0 Å². The van der Waals surface area contributed by atoms with Gasteiger partial charge in [0.15, 0.2) is 0 Å². The van der Waals surface area contributed by atoms with Gasteiger partial charge in [0.1, 0.15) is 0 Å². The highest BCUT2D eigenvalue weighted by Gasteiger charge is 2.23. The molecule has 0 N–H and O–H groups in total. The molecule has 0 aromatic carbocycles. The number of aromatic nitrogens is 2. The highest BCUT2D eigenvalue weighted by Crippen LogP contribution is 2.18. The van der Waals surface area contributed by atoms with Crippen LogP contribution in [0.3, 0.4) is 0 Å². The minimum atomic E-state index is -0.262. The van der Waals surface area contributed by atoms with Crippen LogP contribution in [-0.4, -0.2) is 34.3 Å². The van der Waals surface area contributed by atoms with Gasteiger partial charge in [0.2, 0.25) is 9.47 Å². The molecule has 0 unspecified atom stereocenters. The number of hydroxylamine groups is 2. The standard InChI is InChI=1S/C6H6ClN3O2S/c7-6-9-8-4(13-6)5(11)10-2-1-3-12-10/h1-3H2. The molecule has 1 aromatic heterocycles. The van der Waals surface area contributed by atoms with Gasteiger partial charge in [-0.1, -0.05) is 11.3 Å². The van der Waals surface area contributed by atoms with E-state index in [1.165, 1.54) is 5.06 Å². The summed E-state index contributed by atoms with van der Waals surface area (Å²) in [6.45, 7) is 1.19. The predicted molar refractivity (Wildman–Crippen MR) is 46.5 cm³/mol. The molecule has 1 saturated heterocycles. The summed E-state index contributed by atoms with van der Waals surface area (Å²) in [5.74, 6) is -0.262. The van der Waals surface area contributed by atoms with Gasteiger partial charge < -0.3 is 0 Å². The first-order valence-electron chi connectivity index (χ1n) is 3.71. The molecule has 2 rings (SSSR count). The van der Waals surface area contributed by atoms with Crippen LogP contribution in [-0.2, 0) is 4.84 Å². The van der Waals surface area contributed by atoms with Crippen molar-refractivity contribution in [3.63, 3.8) is 0 Å². The quantitative estimate of drug-likeness (QED) is 0.706. The normalized spacial score (nSPS) is 16.5. The molecule has 13 heavy (non-hydrogen) atoms. The van der Waals surface area contributed by atoms with Gasteiger partial charge in [-0.15, -0.1) is 10.2 Å². The molecule has 7 heteroatoms. The van der Waals surface area contributed by atoms with Crippen LogP contribution >= 0.6 is 22.9 Å². The molecule has 0 saturated carbocycles. The SMILES string of the molecule is O=C(c1nnc(Cl)s1)N1CCCO1. The summed E-state index contributed by atoms with van der Waals surface area (Å²) in [5.41, 5.74) is 0. The zero-order chi connectivity index (χ0) is 9.26. The molecule has 1 aliphatic heterocycles. The van der Waals surface area contributed by atoms with Gasteiger partial charge in [0, 0.05) is 0 Å². The molecule has 0 spiro atoms. The summed E-state index contributed by atoms with van der Waals surface area (Å²) in [6.07, 6.45) is 0.859. The number of amides is 1. The fraction of sp³-hybridized carbons (Fsp3) is 0.500. The van der Waals surface area contributed by atoms with Crippen LogP contribution in [0.15, 0.2) is 0 Å². The zero-order valence-electron chi connectivity index (χ0n) is 6.57. The van der Waals surface area contributed by atoms with Crippen LogP contribution in [0.5, 0.6) is 0 Å². The first-order chi connectivity index (χ1) is 6.27. The minimum absolute atomic E-state index is 0.262. The number of hydrogen-bond acceptors (Lipinski definition) is 5. The van der Waals surface area contributed by atoms with Crippen molar-refractivity contribution in [3.8, 4) is 0 Å². The number of halogens is 1. The number of rotatable bonds is 1. The minimum Gasteiger partial charge on any atom is -0.271 e. The van der Waals surface area contributed by atoms with Crippen molar-refractivity contribution in [3.05, 3.63) is 9.47 Å². The van der Waals surface area contributed by atoms with Crippen LogP contribution in [0.4, 0.5) is 0 Å². The Morgan fingerprint density at radius 2 is 2.46 bits per heavy atom. The third-order valence-corrected chi connectivity index (χ3v) is 2.57. The van der Waals surface area contributed by atoms with Gasteiger partial charge in [0.25, 0.3) is 0 Å². The lowest BCUT2D eigenvalue weighted by atomic mass is 10.5. The molecular formula is C6H6ClN3O2S. The lowest BCUT2D eigenvalue weighted by molar-refractivity contribution is -0.0768. The highest BCUT2D eigenvalue weighted by atomic mass is 35.5. The average Bonchev–Trinajstić information content (AvgIpc) is 2.72. The van der Waals surface area contributed by atoms with Crippen LogP contribution in [0.1, 0.15) is 16.2 Å². The van der Waals surface area contributed by atoms with E-state index < -0.39 is 0 Å². The maximum atomic E-state index is 11.5. The lowest BCUT2D eigenvalue weighted by Gasteiger charge is -2.10. The fourth-order valence-corrected chi connectivity index (χ4v) is 1.78. The topological polar surface area (TPSA) is 55.3 Å². The molecule has 1 aliphatic rings. The summed E-state index contributed by atoms with van der Waals surface area (Å²) in [6, 6.07) is 0. The van der Waals surface area contributed by atoms with E-state index in [-0.39, 0.29) is 15.4 Å². The Balaban J connectivity index is 2.12. The van der Waals surface area contributed by atoms with Crippen LogP contribution in [0.25, 0.3) is 0 Å². The van der Waals surface area contributed by atoms with Gasteiger partial charge in [-0.25, -0.2) is 5.06 Å². The first kappa shape index (κ1) is 8.86. The van der Waals surface area contributed by atoms with E-state index in [9.17, 15) is 4.79 Å². The zero-order valence-corrected chi connectivity index (χ0v) is 8.14. The highest BCUT2D eigenvalue weighted by molar-refractivity contribution is 7.17. The Bertz CT molecular complexity index is 323. The maximum Gasteiger partial charge on any atom is 0.308 e. The summed E-state index contributed by atoms with van der Waals surface area (Å²) in [4.78, 5) is 16.6.